The van der Waals surface area contributed by atoms with Crippen molar-refractivity contribution in [1.29, 1.82) is 0 Å². The van der Waals surface area contributed by atoms with Gasteiger partial charge in [-0.2, -0.15) is 0 Å². The standard InChI is InChI=1S/C24H21FN4O2S.ClH/c25-17-6-4-15(5-7-17)18-13-32-24-22(18)23(31)26-20(27-24)12-28-9-14-8-16(11-28)19-2-1-3-21(30)29(19)10-14;/h1-7,13-14,16H,8-12H2,(H,26,27,31);1H. The first kappa shape index (κ1) is 22.0. The van der Waals surface area contributed by atoms with E-state index in [4.69, 9.17) is 4.98 Å². The van der Waals surface area contributed by atoms with Gasteiger partial charge in [-0.15, -0.1) is 23.7 Å². The lowest BCUT2D eigenvalue weighted by Gasteiger charge is -2.42. The van der Waals surface area contributed by atoms with Crippen LogP contribution in [0.2, 0.25) is 0 Å². The molecule has 0 amide bonds. The molecular weight excluding hydrogens is 463 g/mol. The van der Waals surface area contributed by atoms with Crippen molar-refractivity contribution in [3.8, 4) is 11.1 Å². The first-order valence-corrected chi connectivity index (χ1v) is 11.6. The van der Waals surface area contributed by atoms with Crippen LogP contribution in [0, 0.1) is 11.7 Å². The zero-order chi connectivity index (χ0) is 21.8. The van der Waals surface area contributed by atoms with Crippen molar-refractivity contribution in [3.63, 3.8) is 0 Å². The Bertz CT molecular complexity index is 1450. The lowest BCUT2D eigenvalue weighted by molar-refractivity contribution is 0.112. The summed E-state index contributed by atoms with van der Waals surface area (Å²) in [5.74, 6) is 1.09. The average molecular weight is 485 g/mol. The maximum Gasteiger partial charge on any atom is 0.260 e. The lowest BCUT2D eigenvalue weighted by Crippen LogP contribution is -2.46. The van der Waals surface area contributed by atoms with Gasteiger partial charge in [-0.3, -0.25) is 14.5 Å². The fourth-order valence-corrected chi connectivity index (χ4v) is 6.21. The Kier molecular flexibility index (Phi) is 5.68. The predicted molar refractivity (Wildman–Crippen MR) is 130 cm³/mol. The number of benzene rings is 1. The molecule has 1 fully saturated rings. The molecular formula is C24H22ClFN4O2S. The third-order valence-corrected chi connectivity index (χ3v) is 7.45. The van der Waals surface area contributed by atoms with Crippen molar-refractivity contribution in [3.05, 3.63) is 85.9 Å². The lowest BCUT2D eigenvalue weighted by atomic mass is 9.83. The van der Waals surface area contributed by atoms with E-state index in [1.165, 1.54) is 23.5 Å². The Balaban J connectivity index is 0.00000228. The number of H-pyrrole nitrogens is 1. The highest BCUT2D eigenvalue weighted by molar-refractivity contribution is 7.17. The molecule has 2 aliphatic heterocycles. The number of halogens is 2. The molecule has 9 heteroatoms. The van der Waals surface area contributed by atoms with Crippen molar-refractivity contribution >= 4 is 34.0 Å². The van der Waals surface area contributed by atoms with Crippen LogP contribution in [0.4, 0.5) is 4.39 Å². The highest BCUT2D eigenvalue weighted by atomic mass is 35.5. The molecule has 1 saturated heterocycles. The number of aromatic amines is 1. The number of piperidine rings is 1. The summed E-state index contributed by atoms with van der Waals surface area (Å²) in [7, 11) is 0. The molecule has 2 atom stereocenters. The maximum absolute atomic E-state index is 13.3. The first-order chi connectivity index (χ1) is 15.5. The van der Waals surface area contributed by atoms with Crippen molar-refractivity contribution in [2.24, 2.45) is 5.92 Å². The number of thiophene rings is 1. The van der Waals surface area contributed by atoms with Crippen LogP contribution in [0.5, 0.6) is 0 Å². The second-order valence-electron chi connectivity index (χ2n) is 8.74. The molecule has 6 nitrogen and oxygen atoms in total. The van der Waals surface area contributed by atoms with E-state index in [9.17, 15) is 14.0 Å². The number of hydrogen-bond acceptors (Lipinski definition) is 5. The summed E-state index contributed by atoms with van der Waals surface area (Å²) in [6.07, 6.45) is 1.09. The third-order valence-electron chi connectivity index (χ3n) is 6.58. The number of nitrogens with zero attached hydrogens (tertiary/aromatic N) is 3. The number of fused-ring (bicyclic) bond motifs is 5. The minimum Gasteiger partial charge on any atom is -0.312 e. The van der Waals surface area contributed by atoms with E-state index in [1.807, 2.05) is 16.0 Å². The molecule has 4 aromatic rings. The predicted octanol–water partition coefficient (Wildman–Crippen LogP) is 3.99. The number of likely N-dealkylation sites (tertiary alicyclic amines) is 1. The van der Waals surface area contributed by atoms with Crippen molar-refractivity contribution in [2.45, 2.75) is 25.4 Å². The van der Waals surface area contributed by atoms with Gasteiger partial charge in [0, 0.05) is 48.3 Å². The van der Waals surface area contributed by atoms with Gasteiger partial charge in [0.15, 0.2) is 0 Å². The van der Waals surface area contributed by atoms with E-state index in [0.717, 1.165) is 42.9 Å². The third kappa shape index (κ3) is 3.92. The highest BCUT2D eigenvalue weighted by Gasteiger charge is 2.34. The van der Waals surface area contributed by atoms with Gasteiger partial charge >= 0.3 is 0 Å². The molecule has 2 bridgehead atoms. The topological polar surface area (TPSA) is 71.0 Å². The van der Waals surface area contributed by atoms with Crippen LogP contribution in [-0.4, -0.2) is 32.5 Å². The van der Waals surface area contributed by atoms with Crippen LogP contribution in [0.15, 0.2) is 57.4 Å². The normalized spacial score (nSPS) is 19.8. The Morgan fingerprint density at radius 3 is 2.73 bits per heavy atom. The monoisotopic (exact) mass is 484 g/mol. The van der Waals surface area contributed by atoms with Gasteiger partial charge in [0.05, 0.1) is 11.9 Å². The minimum atomic E-state index is -0.304. The van der Waals surface area contributed by atoms with Crippen molar-refractivity contribution < 1.29 is 4.39 Å². The Morgan fingerprint density at radius 2 is 1.91 bits per heavy atom. The molecule has 6 rings (SSSR count). The fourth-order valence-electron chi connectivity index (χ4n) is 5.25. The zero-order valence-electron chi connectivity index (χ0n) is 17.7. The molecule has 2 aliphatic rings. The highest BCUT2D eigenvalue weighted by Crippen LogP contribution is 2.35. The van der Waals surface area contributed by atoms with Gasteiger partial charge in [-0.05, 0) is 36.1 Å². The molecule has 0 radical (unpaired) electrons. The second kappa shape index (κ2) is 8.52. The number of nitrogens with one attached hydrogen (secondary N) is 1. The Labute approximate surface area is 199 Å². The molecule has 1 aromatic carbocycles. The second-order valence-corrected chi connectivity index (χ2v) is 9.60. The zero-order valence-corrected chi connectivity index (χ0v) is 19.3. The molecule has 2 unspecified atom stereocenters. The Morgan fingerprint density at radius 1 is 1.09 bits per heavy atom. The number of aromatic nitrogens is 3. The van der Waals surface area contributed by atoms with Crippen LogP contribution in [0.1, 0.15) is 23.9 Å². The fraction of sp³-hybridized carbons (Fsp3) is 0.292. The van der Waals surface area contributed by atoms with Gasteiger partial charge < -0.3 is 9.55 Å². The van der Waals surface area contributed by atoms with Crippen LogP contribution in [0.25, 0.3) is 21.3 Å². The van der Waals surface area contributed by atoms with Crippen LogP contribution >= 0.6 is 23.7 Å². The molecule has 0 aliphatic carbocycles. The van der Waals surface area contributed by atoms with Crippen molar-refractivity contribution in [2.75, 3.05) is 13.1 Å². The summed E-state index contributed by atoms with van der Waals surface area (Å²) < 4.78 is 15.2. The number of hydrogen-bond donors (Lipinski definition) is 1. The largest absolute Gasteiger partial charge is 0.312 e. The quantitative estimate of drug-likeness (QED) is 0.477. The van der Waals surface area contributed by atoms with E-state index in [1.54, 1.807) is 18.2 Å². The molecule has 170 valence electrons. The van der Waals surface area contributed by atoms with Gasteiger partial charge in [-0.25, -0.2) is 9.37 Å². The summed E-state index contributed by atoms with van der Waals surface area (Å²) in [4.78, 5) is 35.9. The van der Waals surface area contributed by atoms with Gasteiger partial charge in [0.25, 0.3) is 11.1 Å². The number of rotatable bonds is 3. The van der Waals surface area contributed by atoms with E-state index in [0.29, 0.717) is 34.4 Å². The van der Waals surface area contributed by atoms with E-state index in [2.05, 4.69) is 16.0 Å². The summed E-state index contributed by atoms with van der Waals surface area (Å²) >= 11 is 1.43. The maximum atomic E-state index is 13.3. The van der Waals surface area contributed by atoms with Gasteiger partial charge in [0.2, 0.25) is 0 Å². The van der Waals surface area contributed by atoms with E-state index < -0.39 is 0 Å². The molecule has 33 heavy (non-hydrogen) atoms. The minimum absolute atomic E-state index is 0. The van der Waals surface area contributed by atoms with Gasteiger partial charge in [0.1, 0.15) is 16.5 Å². The smallest absolute Gasteiger partial charge is 0.260 e. The van der Waals surface area contributed by atoms with Gasteiger partial charge in [-0.1, -0.05) is 18.2 Å². The molecule has 1 N–H and O–H groups in total. The molecule has 3 aromatic heterocycles. The van der Waals surface area contributed by atoms with Crippen LogP contribution < -0.4 is 11.1 Å². The SMILES string of the molecule is Cl.O=c1[nH]c(CN2CC3CC(C2)c2cccc(=O)n2C3)nc2scc(-c3ccc(F)cc3)c12. The summed E-state index contributed by atoms with van der Waals surface area (Å²) in [6.45, 7) is 3.03. The first-order valence-electron chi connectivity index (χ1n) is 10.7. The number of pyridine rings is 1. The summed E-state index contributed by atoms with van der Waals surface area (Å²) in [5.41, 5.74) is 2.60. The van der Waals surface area contributed by atoms with Crippen LogP contribution in [-0.2, 0) is 13.1 Å². The van der Waals surface area contributed by atoms with E-state index in [-0.39, 0.29) is 29.3 Å². The summed E-state index contributed by atoms with van der Waals surface area (Å²) in [5, 5.41) is 2.46. The Hall–Kier alpha value is -2.81. The summed E-state index contributed by atoms with van der Waals surface area (Å²) in [6, 6.07) is 11.7. The van der Waals surface area contributed by atoms with Crippen LogP contribution in [0.3, 0.4) is 0 Å². The molecule has 0 saturated carbocycles. The molecule has 5 heterocycles. The van der Waals surface area contributed by atoms with E-state index >= 15 is 0 Å². The van der Waals surface area contributed by atoms with Crippen molar-refractivity contribution in [1.82, 2.24) is 19.4 Å². The average Bonchev–Trinajstić information content (AvgIpc) is 3.20. The molecule has 0 spiro atoms.